The first-order chi connectivity index (χ1) is 17.2. The van der Waals surface area contributed by atoms with Gasteiger partial charge in [0.15, 0.2) is 0 Å². The summed E-state index contributed by atoms with van der Waals surface area (Å²) in [7, 11) is 1.32. The number of rotatable bonds is 6. The number of nitrogens with one attached hydrogen (secondary N) is 1. The zero-order chi connectivity index (χ0) is 27.2. The van der Waals surface area contributed by atoms with Crippen LogP contribution < -0.4 is 14.8 Å². The number of aryl methyl sites for hydroxylation is 1. The van der Waals surface area contributed by atoms with Crippen molar-refractivity contribution in [1.29, 1.82) is 0 Å². The summed E-state index contributed by atoms with van der Waals surface area (Å²) in [6, 6.07) is 6.81. The third-order valence-electron chi connectivity index (χ3n) is 6.04. The van der Waals surface area contributed by atoms with Gasteiger partial charge in [0.25, 0.3) is 5.91 Å². The molecule has 0 atom stereocenters. The van der Waals surface area contributed by atoms with Gasteiger partial charge in [-0.2, -0.15) is 26.3 Å². The van der Waals surface area contributed by atoms with Gasteiger partial charge in [-0.1, -0.05) is 0 Å². The SMILES string of the molecule is COc1cc(NC(=O)c2cc(C3(C(F)(F)F)CC3)c(C(F)(F)F)cc2Oc2ccc(F)cc2C)ccn1. The van der Waals surface area contributed by atoms with E-state index in [2.05, 4.69) is 10.3 Å². The first kappa shape index (κ1) is 26.2. The van der Waals surface area contributed by atoms with E-state index < -0.39 is 64.8 Å². The normalized spacial score (nSPS) is 14.7. The molecular formula is C25H19F7N2O3. The highest BCUT2D eigenvalue weighted by Gasteiger charge is 2.66. The summed E-state index contributed by atoms with van der Waals surface area (Å²) in [5, 5.41) is 2.42. The minimum absolute atomic E-state index is 0.0844. The molecule has 37 heavy (non-hydrogen) atoms. The molecule has 196 valence electrons. The Kier molecular flexibility index (Phi) is 6.55. The molecule has 1 aliphatic rings. The molecule has 12 heteroatoms. The Balaban J connectivity index is 1.89. The molecule has 4 rings (SSSR count). The van der Waals surface area contributed by atoms with E-state index in [1.807, 2.05) is 0 Å². The summed E-state index contributed by atoms with van der Waals surface area (Å²) >= 11 is 0. The van der Waals surface area contributed by atoms with E-state index in [9.17, 15) is 35.5 Å². The van der Waals surface area contributed by atoms with Gasteiger partial charge in [-0.25, -0.2) is 9.37 Å². The second-order valence-electron chi connectivity index (χ2n) is 8.52. The Bertz CT molecular complexity index is 1350. The standard InChI is InChI=1S/C25H19F7N2O3/c1-13-9-14(26)3-4-19(13)37-20-12-18(24(27,28)29)17(23(6-7-23)25(30,31)32)11-16(20)22(35)34-15-5-8-33-21(10-15)36-2/h3-5,8-12H,6-7H2,1-2H3,(H,33,34,35). The lowest BCUT2D eigenvalue weighted by molar-refractivity contribution is -0.165. The fraction of sp³-hybridized carbons (Fsp3) is 0.280. The van der Waals surface area contributed by atoms with Crippen LogP contribution in [0.2, 0.25) is 0 Å². The second kappa shape index (κ2) is 9.24. The summed E-state index contributed by atoms with van der Waals surface area (Å²) in [6.07, 6.45) is -9.98. The van der Waals surface area contributed by atoms with Gasteiger partial charge in [0.1, 0.15) is 17.3 Å². The number of benzene rings is 2. The number of carbonyl (C=O) groups is 1. The summed E-state index contributed by atoms with van der Waals surface area (Å²) < 4.78 is 108. The van der Waals surface area contributed by atoms with Crippen molar-refractivity contribution in [3.63, 3.8) is 0 Å². The Hall–Kier alpha value is -3.83. The molecule has 2 aromatic carbocycles. The van der Waals surface area contributed by atoms with Crippen LogP contribution in [0.3, 0.4) is 0 Å². The van der Waals surface area contributed by atoms with Crippen LogP contribution in [0, 0.1) is 12.7 Å². The number of carbonyl (C=O) groups excluding carboxylic acids is 1. The largest absolute Gasteiger partial charge is 0.481 e. The number of nitrogens with zero attached hydrogens (tertiary/aromatic N) is 1. The van der Waals surface area contributed by atoms with E-state index in [1.54, 1.807) is 0 Å². The van der Waals surface area contributed by atoms with Crippen LogP contribution in [0.1, 0.15) is 39.9 Å². The molecule has 0 saturated heterocycles. The van der Waals surface area contributed by atoms with Crippen LogP contribution >= 0.6 is 0 Å². The summed E-state index contributed by atoms with van der Waals surface area (Å²) in [5.41, 5.74) is -5.63. The average Bonchev–Trinajstić information content (AvgIpc) is 3.62. The molecule has 0 radical (unpaired) electrons. The molecule has 1 amide bonds. The molecule has 1 saturated carbocycles. The van der Waals surface area contributed by atoms with Crippen molar-refractivity contribution in [2.45, 2.75) is 37.5 Å². The van der Waals surface area contributed by atoms with Gasteiger partial charge in [-0.05, 0) is 67.3 Å². The number of hydrogen-bond acceptors (Lipinski definition) is 4. The third-order valence-corrected chi connectivity index (χ3v) is 6.04. The maximum absolute atomic E-state index is 14.0. The topological polar surface area (TPSA) is 60.5 Å². The van der Waals surface area contributed by atoms with Crippen LogP contribution in [0.25, 0.3) is 0 Å². The monoisotopic (exact) mass is 528 g/mol. The number of amides is 1. The fourth-order valence-electron chi connectivity index (χ4n) is 3.95. The summed E-state index contributed by atoms with van der Waals surface area (Å²) in [5.74, 6) is -2.29. The van der Waals surface area contributed by atoms with Gasteiger partial charge in [-0.3, -0.25) is 4.79 Å². The first-order valence-electron chi connectivity index (χ1n) is 10.8. The Morgan fingerprint density at radius 2 is 1.70 bits per heavy atom. The lowest BCUT2D eigenvalue weighted by Gasteiger charge is -2.25. The van der Waals surface area contributed by atoms with E-state index in [-0.39, 0.29) is 22.9 Å². The predicted octanol–water partition coefficient (Wildman–Crippen LogP) is 7.20. The number of hydrogen-bond donors (Lipinski definition) is 1. The predicted molar refractivity (Wildman–Crippen MR) is 118 cm³/mol. The van der Waals surface area contributed by atoms with Gasteiger partial charge in [-0.15, -0.1) is 0 Å². The summed E-state index contributed by atoms with van der Waals surface area (Å²) in [6.45, 7) is 1.42. The number of anilines is 1. The zero-order valence-electron chi connectivity index (χ0n) is 19.4. The van der Waals surface area contributed by atoms with Gasteiger partial charge in [0.2, 0.25) is 5.88 Å². The average molecular weight is 528 g/mol. The maximum atomic E-state index is 14.0. The molecule has 1 aliphatic carbocycles. The third kappa shape index (κ3) is 5.18. The van der Waals surface area contributed by atoms with Gasteiger partial charge in [0.05, 0.1) is 23.7 Å². The number of aromatic nitrogens is 1. The number of ether oxygens (including phenoxy) is 2. The molecule has 5 nitrogen and oxygen atoms in total. The van der Waals surface area contributed by atoms with Crippen molar-refractivity contribution >= 4 is 11.6 Å². The van der Waals surface area contributed by atoms with Gasteiger partial charge >= 0.3 is 12.4 Å². The quantitative estimate of drug-likeness (QED) is 0.344. The fourth-order valence-corrected chi connectivity index (χ4v) is 3.95. The highest BCUT2D eigenvalue weighted by molar-refractivity contribution is 6.06. The highest BCUT2D eigenvalue weighted by atomic mass is 19.4. The molecule has 0 aliphatic heterocycles. The van der Waals surface area contributed by atoms with Crippen LogP contribution in [0.15, 0.2) is 48.7 Å². The Morgan fingerprint density at radius 1 is 1.00 bits per heavy atom. The van der Waals surface area contributed by atoms with Crippen molar-refractivity contribution in [3.8, 4) is 17.4 Å². The van der Waals surface area contributed by atoms with Crippen LogP contribution in [-0.4, -0.2) is 24.2 Å². The number of halogens is 7. The summed E-state index contributed by atoms with van der Waals surface area (Å²) in [4.78, 5) is 17.1. The lowest BCUT2D eigenvalue weighted by atomic mass is 9.88. The van der Waals surface area contributed by atoms with E-state index in [0.29, 0.717) is 12.1 Å². The first-order valence-corrected chi connectivity index (χ1v) is 10.8. The van der Waals surface area contributed by atoms with Crippen molar-refractivity contribution in [3.05, 3.63) is 76.7 Å². The van der Waals surface area contributed by atoms with Gasteiger partial charge < -0.3 is 14.8 Å². The van der Waals surface area contributed by atoms with E-state index in [4.69, 9.17) is 9.47 Å². The van der Waals surface area contributed by atoms with Crippen LogP contribution in [0.5, 0.6) is 17.4 Å². The minimum atomic E-state index is -5.18. The number of methoxy groups -OCH3 is 1. The molecule has 1 N–H and O–H groups in total. The molecule has 0 unspecified atom stereocenters. The van der Waals surface area contributed by atoms with Crippen molar-refractivity contribution < 1.29 is 45.0 Å². The molecular weight excluding hydrogens is 509 g/mol. The molecule has 0 bridgehead atoms. The van der Waals surface area contributed by atoms with Crippen molar-refractivity contribution in [2.24, 2.45) is 0 Å². The molecule has 0 spiro atoms. The smallest absolute Gasteiger partial charge is 0.416 e. The molecule has 1 fully saturated rings. The molecule has 1 heterocycles. The minimum Gasteiger partial charge on any atom is -0.481 e. The highest BCUT2D eigenvalue weighted by Crippen LogP contribution is 2.61. The Morgan fingerprint density at radius 3 is 2.27 bits per heavy atom. The number of pyridine rings is 1. The van der Waals surface area contributed by atoms with Crippen molar-refractivity contribution in [2.75, 3.05) is 12.4 Å². The lowest BCUT2D eigenvalue weighted by Crippen LogP contribution is -2.32. The van der Waals surface area contributed by atoms with E-state index in [1.165, 1.54) is 32.4 Å². The second-order valence-corrected chi connectivity index (χ2v) is 8.52. The van der Waals surface area contributed by atoms with Gasteiger partial charge in [0, 0.05) is 18.0 Å². The molecule has 1 aromatic heterocycles. The maximum Gasteiger partial charge on any atom is 0.416 e. The van der Waals surface area contributed by atoms with E-state index >= 15 is 0 Å². The Labute approximate surface area is 206 Å². The number of alkyl halides is 6. The van der Waals surface area contributed by atoms with E-state index in [0.717, 1.165) is 18.2 Å². The molecule has 3 aromatic rings. The van der Waals surface area contributed by atoms with Crippen molar-refractivity contribution in [1.82, 2.24) is 4.98 Å². The van der Waals surface area contributed by atoms with Crippen LogP contribution in [0.4, 0.5) is 36.4 Å². The van der Waals surface area contributed by atoms with Crippen LogP contribution in [-0.2, 0) is 11.6 Å². The zero-order valence-corrected chi connectivity index (χ0v) is 19.4.